The van der Waals surface area contributed by atoms with Crippen molar-refractivity contribution in [1.82, 2.24) is 15.2 Å². The van der Waals surface area contributed by atoms with E-state index < -0.39 is 0 Å². The van der Waals surface area contributed by atoms with E-state index in [1.807, 2.05) is 25.1 Å². The van der Waals surface area contributed by atoms with Crippen LogP contribution in [0.3, 0.4) is 0 Å². The van der Waals surface area contributed by atoms with Gasteiger partial charge in [0.2, 0.25) is 5.28 Å². The lowest BCUT2D eigenvalue weighted by atomic mass is 10.1. The Hall–Kier alpha value is -1.19. The SMILES string of the molecule is Cc1cccc(Cc2nnc(Cl)nc2Cl)c1. The molecule has 1 aromatic carbocycles. The highest BCUT2D eigenvalue weighted by atomic mass is 35.5. The van der Waals surface area contributed by atoms with Gasteiger partial charge in [-0.2, -0.15) is 0 Å². The van der Waals surface area contributed by atoms with Gasteiger partial charge in [0.1, 0.15) is 5.69 Å². The van der Waals surface area contributed by atoms with Crippen LogP contribution in [0.15, 0.2) is 24.3 Å². The van der Waals surface area contributed by atoms with Crippen molar-refractivity contribution < 1.29 is 0 Å². The van der Waals surface area contributed by atoms with Gasteiger partial charge in [-0.05, 0) is 24.1 Å². The summed E-state index contributed by atoms with van der Waals surface area (Å²) in [5.41, 5.74) is 2.96. The van der Waals surface area contributed by atoms with Crippen LogP contribution < -0.4 is 0 Å². The predicted octanol–water partition coefficient (Wildman–Crippen LogP) is 3.08. The molecule has 0 unspecified atom stereocenters. The lowest BCUT2D eigenvalue weighted by Gasteiger charge is -2.03. The summed E-state index contributed by atoms with van der Waals surface area (Å²) in [6.45, 7) is 2.04. The molecule has 0 radical (unpaired) electrons. The molecule has 0 atom stereocenters. The highest BCUT2D eigenvalue weighted by Crippen LogP contribution is 2.16. The molecule has 0 aliphatic carbocycles. The van der Waals surface area contributed by atoms with E-state index in [-0.39, 0.29) is 5.28 Å². The third-order valence-corrected chi connectivity index (χ3v) is 2.60. The lowest BCUT2D eigenvalue weighted by molar-refractivity contribution is 0.892. The van der Waals surface area contributed by atoms with Crippen molar-refractivity contribution in [1.29, 1.82) is 0 Å². The summed E-state index contributed by atoms with van der Waals surface area (Å²) < 4.78 is 0. The fraction of sp³-hybridized carbons (Fsp3) is 0.182. The van der Waals surface area contributed by atoms with E-state index in [2.05, 4.69) is 21.2 Å². The number of nitrogens with zero attached hydrogens (tertiary/aromatic N) is 3. The molecular formula is C11H9Cl2N3. The molecule has 0 N–H and O–H groups in total. The summed E-state index contributed by atoms with van der Waals surface area (Å²) in [6.07, 6.45) is 0.609. The van der Waals surface area contributed by atoms with E-state index in [0.717, 1.165) is 5.56 Å². The summed E-state index contributed by atoms with van der Waals surface area (Å²) in [4.78, 5) is 3.85. The van der Waals surface area contributed by atoms with Gasteiger partial charge in [0.25, 0.3) is 0 Å². The number of hydrogen-bond acceptors (Lipinski definition) is 3. The van der Waals surface area contributed by atoms with Crippen LogP contribution >= 0.6 is 23.2 Å². The molecular weight excluding hydrogens is 245 g/mol. The number of aromatic nitrogens is 3. The van der Waals surface area contributed by atoms with Gasteiger partial charge in [-0.15, -0.1) is 10.2 Å². The van der Waals surface area contributed by atoms with Crippen molar-refractivity contribution >= 4 is 23.2 Å². The van der Waals surface area contributed by atoms with Crippen LogP contribution in [-0.4, -0.2) is 15.2 Å². The Labute approximate surface area is 103 Å². The van der Waals surface area contributed by atoms with E-state index in [9.17, 15) is 0 Å². The molecule has 1 aromatic heterocycles. The maximum atomic E-state index is 5.92. The molecule has 0 amide bonds. The molecule has 1 heterocycles. The Balaban J connectivity index is 2.27. The quantitative estimate of drug-likeness (QED) is 0.826. The minimum atomic E-state index is 0.0676. The predicted molar refractivity (Wildman–Crippen MR) is 63.8 cm³/mol. The average Bonchev–Trinajstić information content (AvgIpc) is 2.22. The number of benzene rings is 1. The monoisotopic (exact) mass is 253 g/mol. The highest BCUT2D eigenvalue weighted by molar-refractivity contribution is 6.32. The molecule has 0 aliphatic heterocycles. The summed E-state index contributed by atoms with van der Waals surface area (Å²) in [5.74, 6) is 0. The van der Waals surface area contributed by atoms with Gasteiger partial charge in [0.15, 0.2) is 5.15 Å². The largest absolute Gasteiger partial charge is 0.244 e. The van der Waals surface area contributed by atoms with Gasteiger partial charge in [-0.25, -0.2) is 4.98 Å². The van der Waals surface area contributed by atoms with Gasteiger partial charge in [-0.3, -0.25) is 0 Å². The van der Waals surface area contributed by atoms with Crippen molar-refractivity contribution in [3.05, 3.63) is 51.5 Å². The molecule has 0 bridgehead atoms. The van der Waals surface area contributed by atoms with Gasteiger partial charge in [0.05, 0.1) is 0 Å². The normalized spacial score (nSPS) is 10.4. The first-order chi connectivity index (χ1) is 7.65. The van der Waals surface area contributed by atoms with E-state index in [1.165, 1.54) is 5.56 Å². The Bertz CT molecular complexity index is 514. The maximum absolute atomic E-state index is 5.92. The molecule has 2 rings (SSSR count). The second kappa shape index (κ2) is 4.76. The summed E-state index contributed by atoms with van der Waals surface area (Å²) in [6, 6.07) is 8.12. The number of rotatable bonds is 2. The molecule has 0 spiro atoms. The summed E-state index contributed by atoms with van der Waals surface area (Å²) >= 11 is 11.5. The Kier molecular flexibility index (Phi) is 3.36. The second-order valence-corrected chi connectivity index (χ2v) is 4.18. The van der Waals surface area contributed by atoms with Crippen molar-refractivity contribution in [2.45, 2.75) is 13.3 Å². The van der Waals surface area contributed by atoms with Crippen LogP contribution in [-0.2, 0) is 6.42 Å². The van der Waals surface area contributed by atoms with Crippen LogP contribution in [0.5, 0.6) is 0 Å². The van der Waals surface area contributed by atoms with Gasteiger partial charge in [0, 0.05) is 6.42 Å². The van der Waals surface area contributed by atoms with Crippen molar-refractivity contribution in [3.8, 4) is 0 Å². The first kappa shape index (κ1) is 11.3. The zero-order valence-corrected chi connectivity index (χ0v) is 10.1. The van der Waals surface area contributed by atoms with Crippen LogP contribution in [0.25, 0.3) is 0 Å². The molecule has 16 heavy (non-hydrogen) atoms. The topological polar surface area (TPSA) is 38.7 Å². The molecule has 2 aromatic rings. The second-order valence-electron chi connectivity index (χ2n) is 3.48. The molecule has 3 nitrogen and oxygen atoms in total. The molecule has 0 aliphatic rings. The molecule has 0 saturated carbocycles. The minimum Gasteiger partial charge on any atom is -0.203 e. The van der Waals surface area contributed by atoms with Crippen LogP contribution in [0, 0.1) is 6.92 Å². The van der Waals surface area contributed by atoms with Crippen LogP contribution in [0.2, 0.25) is 10.4 Å². The fourth-order valence-corrected chi connectivity index (χ4v) is 1.78. The Morgan fingerprint density at radius 3 is 2.69 bits per heavy atom. The third-order valence-electron chi connectivity index (χ3n) is 2.14. The molecule has 0 saturated heterocycles. The number of aryl methyl sites for hydroxylation is 1. The number of hydrogen-bond donors (Lipinski definition) is 0. The Morgan fingerprint density at radius 2 is 2.00 bits per heavy atom. The van der Waals surface area contributed by atoms with Gasteiger partial charge < -0.3 is 0 Å². The average molecular weight is 254 g/mol. The zero-order chi connectivity index (χ0) is 11.5. The lowest BCUT2D eigenvalue weighted by Crippen LogP contribution is -1.99. The van der Waals surface area contributed by atoms with Crippen molar-refractivity contribution in [2.24, 2.45) is 0 Å². The maximum Gasteiger partial charge on any atom is 0.244 e. The van der Waals surface area contributed by atoms with Crippen LogP contribution in [0.1, 0.15) is 16.8 Å². The molecule has 82 valence electrons. The van der Waals surface area contributed by atoms with Crippen LogP contribution in [0.4, 0.5) is 0 Å². The van der Waals surface area contributed by atoms with E-state index in [0.29, 0.717) is 17.3 Å². The van der Waals surface area contributed by atoms with Crippen molar-refractivity contribution in [2.75, 3.05) is 0 Å². The number of halogens is 2. The molecule has 0 fully saturated rings. The first-order valence-corrected chi connectivity index (χ1v) is 5.51. The first-order valence-electron chi connectivity index (χ1n) is 4.75. The van der Waals surface area contributed by atoms with Crippen molar-refractivity contribution in [3.63, 3.8) is 0 Å². The standard InChI is InChI=1S/C11H9Cl2N3/c1-7-3-2-4-8(5-7)6-9-10(12)14-11(13)16-15-9/h2-5H,6H2,1H3. The zero-order valence-electron chi connectivity index (χ0n) is 8.61. The van der Waals surface area contributed by atoms with Gasteiger partial charge >= 0.3 is 0 Å². The fourth-order valence-electron chi connectivity index (χ4n) is 1.43. The summed E-state index contributed by atoms with van der Waals surface area (Å²) in [5, 5.41) is 7.98. The summed E-state index contributed by atoms with van der Waals surface area (Å²) in [7, 11) is 0. The molecule has 5 heteroatoms. The van der Waals surface area contributed by atoms with Gasteiger partial charge in [-0.1, -0.05) is 41.4 Å². The highest BCUT2D eigenvalue weighted by Gasteiger charge is 2.06. The van der Waals surface area contributed by atoms with E-state index in [1.54, 1.807) is 0 Å². The Morgan fingerprint density at radius 1 is 1.19 bits per heavy atom. The van der Waals surface area contributed by atoms with E-state index in [4.69, 9.17) is 23.2 Å². The smallest absolute Gasteiger partial charge is 0.203 e. The third kappa shape index (κ3) is 2.68. The minimum absolute atomic E-state index is 0.0676. The van der Waals surface area contributed by atoms with E-state index >= 15 is 0 Å².